The number of esters is 1. The quantitative estimate of drug-likeness (QED) is 0.634. The van der Waals surface area contributed by atoms with Crippen LogP contribution in [0.4, 0.5) is 5.69 Å². The Morgan fingerprint density at radius 1 is 1.00 bits per heavy atom. The van der Waals surface area contributed by atoms with Crippen LogP contribution in [0.25, 0.3) is 10.4 Å². The molecule has 0 saturated carbocycles. The summed E-state index contributed by atoms with van der Waals surface area (Å²) in [5.41, 5.74) is 1.57. The van der Waals surface area contributed by atoms with Gasteiger partial charge >= 0.3 is 5.97 Å². The zero-order valence-corrected chi connectivity index (χ0v) is 16.5. The van der Waals surface area contributed by atoms with Crippen LogP contribution < -0.4 is 14.8 Å². The second kappa shape index (κ2) is 8.36. The zero-order valence-electron chi connectivity index (χ0n) is 15.7. The minimum atomic E-state index is -0.914. The van der Waals surface area contributed by atoms with Crippen LogP contribution in [0.1, 0.15) is 16.6 Å². The molecule has 0 bridgehead atoms. The van der Waals surface area contributed by atoms with E-state index in [1.807, 2.05) is 42.5 Å². The Bertz CT molecular complexity index is 1030. The van der Waals surface area contributed by atoms with Crippen molar-refractivity contribution in [1.82, 2.24) is 0 Å². The van der Waals surface area contributed by atoms with Crippen LogP contribution in [0.15, 0.2) is 60.7 Å². The van der Waals surface area contributed by atoms with Crippen LogP contribution in [-0.4, -0.2) is 31.2 Å². The molecular formula is C22H19NO5S. The number of benzene rings is 2. The number of carbonyl (C=O) groups excluding carboxylic acids is 2. The SMILES string of the molecule is CC(OC(=O)c1ccc(-c2ccc3c(c2)OCCO3)s1)C(=O)Nc1ccccc1. The number of hydrogen-bond donors (Lipinski definition) is 1. The zero-order chi connectivity index (χ0) is 20.2. The molecule has 29 heavy (non-hydrogen) atoms. The number of nitrogens with one attached hydrogen (secondary N) is 1. The minimum Gasteiger partial charge on any atom is -0.486 e. The average molecular weight is 409 g/mol. The molecule has 2 aromatic carbocycles. The Hall–Kier alpha value is -3.32. The van der Waals surface area contributed by atoms with E-state index in [4.69, 9.17) is 14.2 Å². The number of hydrogen-bond acceptors (Lipinski definition) is 6. The van der Waals surface area contributed by atoms with E-state index in [9.17, 15) is 9.59 Å². The lowest BCUT2D eigenvalue weighted by Crippen LogP contribution is -2.29. The van der Waals surface area contributed by atoms with Gasteiger partial charge in [0.2, 0.25) is 0 Å². The Morgan fingerprint density at radius 3 is 2.55 bits per heavy atom. The lowest BCUT2D eigenvalue weighted by Gasteiger charge is -2.18. The number of para-hydroxylation sites is 1. The van der Waals surface area contributed by atoms with Crippen molar-refractivity contribution in [3.8, 4) is 21.9 Å². The van der Waals surface area contributed by atoms with Crippen LogP contribution in [0.3, 0.4) is 0 Å². The standard InChI is InChI=1S/C22H19NO5S/c1-14(21(24)23-16-5-3-2-4-6-16)28-22(25)20-10-9-19(29-20)15-7-8-17-18(13-15)27-12-11-26-17/h2-10,13-14H,11-12H2,1H3,(H,23,24). The van der Waals surface area contributed by atoms with E-state index < -0.39 is 12.1 Å². The van der Waals surface area contributed by atoms with Gasteiger partial charge in [-0.25, -0.2) is 4.79 Å². The van der Waals surface area contributed by atoms with E-state index in [1.54, 1.807) is 25.1 Å². The van der Waals surface area contributed by atoms with E-state index in [0.717, 1.165) is 16.2 Å². The number of anilines is 1. The molecule has 1 aliphatic heterocycles. The number of ether oxygens (including phenoxy) is 3. The molecule has 0 saturated heterocycles. The van der Waals surface area contributed by atoms with E-state index in [0.29, 0.717) is 29.5 Å². The molecule has 1 amide bonds. The highest BCUT2D eigenvalue weighted by molar-refractivity contribution is 7.17. The van der Waals surface area contributed by atoms with Gasteiger partial charge in [-0.15, -0.1) is 11.3 Å². The molecule has 1 aromatic heterocycles. The molecule has 1 unspecified atom stereocenters. The summed E-state index contributed by atoms with van der Waals surface area (Å²) in [6.07, 6.45) is -0.914. The summed E-state index contributed by atoms with van der Waals surface area (Å²) in [6.45, 7) is 2.60. The highest BCUT2D eigenvalue weighted by atomic mass is 32.1. The largest absolute Gasteiger partial charge is 0.486 e. The monoisotopic (exact) mass is 409 g/mol. The van der Waals surface area contributed by atoms with Gasteiger partial charge in [0, 0.05) is 10.6 Å². The van der Waals surface area contributed by atoms with Crippen molar-refractivity contribution in [2.45, 2.75) is 13.0 Å². The van der Waals surface area contributed by atoms with Crippen LogP contribution in [0.5, 0.6) is 11.5 Å². The fraction of sp³-hybridized carbons (Fsp3) is 0.182. The maximum atomic E-state index is 12.5. The minimum absolute atomic E-state index is 0.381. The van der Waals surface area contributed by atoms with Gasteiger partial charge < -0.3 is 19.5 Å². The Balaban J connectivity index is 1.41. The third-order valence-corrected chi connectivity index (χ3v) is 5.44. The summed E-state index contributed by atoms with van der Waals surface area (Å²) < 4.78 is 16.5. The highest BCUT2D eigenvalue weighted by Crippen LogP contribution is 2.37. The van der Waals surface area contributed by atoms with Crippen molar-refractivity contribution in [3.63, 3.8) is 0 Å². The molecule has 7 heteroatoms. The second-order valence-corrected chi connectivity index (χ2v) is 7.51. The van der Waals surface area contributed by atoms with Crippen molar-refractivity contribution in [3.05, 3.63) is 65.5 Å². The summed E-state index contributed by atoms with van der Waals surface area (Å²) in [5.74, 6) is 0.495. The van der Waals surface area contributed by atoms with Crippen molar-refractivity contribution in [2.75, 3.05) is 18.5 Å². The van der Waals surface area contributed by atoms with Crippen molar-refractivity contribution in [2.24, 2.45) is 0 Å². The molecule has 0 radical (unpaired) electrons. The molecule has 2 heterocycles. The Morgan fingerprint density at radius 2 is 1.76 bits per heavy atom. The van der Waals surface area contributed by atoms with E-state index in [2.05, 4.69) is 5.32 Å². The first kappa shape index (κ1) is 19.0. The first-order valence-corrected chi connectivity index (χ1v) is 9.98. The molecule has 0 aliphatic carbocycles. The van der Waals surface area contributed by atoms with Crippen molar-refractivity contribution < 1.29 is 23.8 Å². The molecule has 1 aliphatic rings. The van der Waals surface area contributed by atoms with Crippen LogP contribution in [0.2, 0.25) is 0 Å². The first-order valence-electron chi connectivity index (χ1n) is 9.17. The molecule has 3 aromatic rings. The third-order valence-electron chi connectivity index (χ3n) is 4.33. The summed E-state index contributed by atoms with van der Waals surface area (Å²) >= 11 is 1.30. The molecular weight excluding hydrogens is 390 g/mol. The molecule has 0 spiro atoms. The fourth-order valence-electron chi connectivity index (χ4n) is 2.84. The smallest absolute Gasteiger partial charge is 0.349 e. The number of thiophene rings is 1. The third kappa shape index (κ3) is 4.41. The van der Waals surface area contributed by atoms with Crippen LogP contribution in [-0.2, 0) is 9.53 Å². The Labute approximate surface area is 172 Å². The number of carbonyl (C=O) groups is 2. The molecule has 0 fully saturated rings. The summed E-state index contributed by atoms with van der Waals surface area (Å²) in [4.78, 5) is 26.0. The van der Waals surface area contributed by atoms with Gasteiger partial charge in [-0.3, -0.25) is 4.79 Å². The van der Waals surface area contributed by atoms with Crippen LogP contribution >= 0.6 is 11.3 Å². The lowest BCUT2D eigenvalue weighted by molar-refractivity contribution is -0.123. The number of amides is 1. The maximum absolute atomic E-state index is 12.5. The average Bonchev–Trinajstić information content (AvgIpc) is 3.24. The summed E-state index contributed by atoms with van der Waals surface area (Å²) in [5, 5.41) is 2.72. The predicted octanol–water partition coefficient (Wildman–Crippen LogP) is 4.37. The van der Waals surface area contributed by atoms with Gasteiger partial charge in [0.25, 0.3) is 5.91 Å². The summed E-state index contributed by atoms with van der Waals surface area (Å²) in [7, 11) is 0. The number of rotatable bonds is 5. The molecule has 1 N–H and O–H groups in total. The molecule has 6 nitrogen and oxygen atoms in total. The molecule has 1 atom stereocenters. The topological polar surface area (TPSA) is 73.9 Å². The lowest BCUT2D eigenvalue weighted by atomic mass is 10.1. The second-order valence-electron chi connectivity index (χ2n) is 6.43. The van der Waals surface area contributed by atoms with E-state index >= 15 is 0 Å². The van der Waals surface area contributed by atoms with Gasteiger partial charge in [-0.2, -0.15) is 0 Å². The van der Waals surface area contributed by atoms with Crippen molar-refractivity contribution in [1.29, 1.82) is 0 Å². The fourth-order valence-corrected chi connectivity index (χ4v) is 3.72. The van der Waals surface area contributed by atoms with Gasteiger partial charge in [0.15, 0.2) is 17.6 Å². The Kier molecular flexibility index (Phi) is 5.48. The van der Waals surface area contributed by atoms with Crippen LogP contribution in [0, 0.1) is 0 Å². The normalized spacial score (nSPS) is 13.4. The van der Waals surface area contributed by atoms with Crippen molar-refractivity contribution >= 4 is 28.9 Å². The van der Waals surface area contributed by atoms with Gasteiger partial charge in [0.1, 0.15) is 18.1 Å². The highest BCUT2D eigenvalue weighted by Gasteiger charge is 2.21. The molecule has 148 valence electrons. The number of fused-ring (bicyclic) bond motifs is 1. The predicted molar refractivity (Wildman–Crippen MR) is 111 cm³/mol. The van der Waals surface area contributed by atoms with Gasteiger partial charge in [0.05, 0.1) is 0 Å². The van der Waals surface area contributed by atoms with E-state index in [1.165, 1.54) is 11.3 Å². The maximum Gasteiger partial charge on any atom is 0.349 e. The first-order chi connectivity index (χ1) is 14.1. The van der Waals surface area contributed by atoms with Gasteiger partial charge in [-0.05, 0) is 55.0 Å². The summed E-state index contributed by atoms with van der Waals surface area (Å²) in [6, 6.07) is 18.2. The molecule has 4 rings (SSSR count). The van der Waals surface area contributed by atoms with E-state index in [-0.39, 0.29) is 5.91 Å². The van der Waals surface area contributed by atoms with Gasteiger partial charge in [-0.1, -0.05) is 18.2 Å².